The average molecular weight is 444 g/mol. The summed E-state index contributed by atoms with van der Waals surface area (Å²) in [5.74, 6) is 0.634. The van der Waals surface area contributed by atoms with Gasteiger partial charge in [-0.3, -0.25) is 9.20 Å². The van der Waals surface area contributed by atoms with E-state index in [0.717, 1.165) is 34.0 Å². The van der Waals surface area contributed by atoms with Crippen LogP contribution in [0.15, 0.2) is 70.8 Å². The first-order valence-corrected chi connectivity index (χ1v) is 11.2. The minimum absolute atomic E-state index is 0.0435. The molecule has 2 aromatic carbocycles. The van der Waals surface area contributed by atoms with E-state index in [1.165, 1.54) is 16.9 Å². The highest BCUT2D eigenvalue weighted by molar-refractivity contribution is 7.15. The van der Waals surface area contributed by atoms with E-state index in [1.807, 2.05) is 54.8 Å². The van der Waals surface area contributed by atoms with Crippen LogP contribution in [-0.4, -0.2) is 29.6 Å². The largest absolute Gasteiger partial charge is 0.379 e. The molecule has 0 aliphatic carbocycles. The Kier molecular flexibility index (Phi) is 5.47. The van der Waals surface area contributed by atoms with Gasteiger partial charge in [0.05, 0.1) is 18.8 Å². The van der Waals surface area contributed by atoms with Crippen molar-refractivity contribution in [2.75, 3.05) is 5.32 Å². The summed E-state index contributed by atoms with van der Waals surface area (Å²) in [6.45, 7) is 3.06. The average Bonchev–Trinajstić information content (AvgIpc) is 3.45. The van der Waals surface area contributed by atoms with Crippen LogP contribution in [0.5, 0.6) is 0 Å². The van der Waals surface area contributed by atoms with Gasteiger partial charge in [-0.05, 0) is 36.3 Å². The second kappa shape index (κ2) is 8.72. The van der Waals surface area contributed by atoms with Gasteiger partial charge in [-0.25, -0.2) is 4.98 Å². The van der Waals surface area contributed by atoms with Crippen LogP contribution in [0.3, 0.4) is 0 Å². The van der Waals surface area contributed by atoms with Gasteiger partial charge in [-0.2, -0.15) is 4.80 Å². The summed E-state index contributed by atoms with van der Waals surface area (Å²) in [6.07, 6.45) is 0.803. The molecule has 0 bridgehead atoms. The fourth-order valence-electron chi connectivity index (χ4n) is 3.44. The topological polar surface area (TPSA) is 90.0 Å². The van der Waals surface area contributed by atoms with Gasteiger partial charge in [0.2, 0.25) is 5.82 Å². The smallest absolute Gasteiger partial charge is 0.259 e. The second-order valence-electron chi connectivity index (χ2n) is 7.46. The van der Waals surface area contributed by atoms with Gasteiger partial charge >= 0.3 is 0 Å². The predicted octanol–water partition coefficient (Wildman–Crippen LogP) is 3.57. The number of nitrogens with one attached hydrogen (secondary N) is 1. The first-order valence-electron chi connectivity index (χ1n) is 10.3. The number of rotatable bonds is 7. The number of tetrazole rings is 1. The maximum Gasteiger partial charge on any atom is 0.259 e. The summed E-state index contributed by atoms with van der Waals surface area (Å²) >= 11 is 1.48. The quantitative estimate of drug-likeness (QED) is 0.414. The highest BCUT2D eigenvalue weighted by Gasteiger charge is 2.07. The molecule has 0 aliphatic rings. The van der Waals surface area contributed by atoms with Crippen molar-refractivity contribution in [3.63, 3.8) is 0 Å². The van der Waals surface area contributed by atoms with Crippen molar-refractivity contribution >= 4 is 22.0 Å². The van der Waals surface area contributed by atoms with E-state index in [1.54, 1.807) is 15.3 Å². The van der Waals surface area contributed by atoms with E-state index in [0.29, 0.717) is 18.9 Å². The molecule has 5 rings (SSSR count). The van der Waals surface area contributed by atoms with Gasteiger partial charge < -0.3 is 5.32 Å². The minimum Gasteiger partial charge on any atom is -0.379 e. The van der Waals surface area contributed by atoms with Crippen LogP contribution in [0.2, 0.25) is 0 Å². The SMILES string of the molecule is Cc1csc2nc(CNc3ccc(CCn4nnc(-c5ccccc5)n4)cc3)cc(=O)n12. The highest BCUT2D eigenvalue weighted by Crippen LogP contribution is 2.15. The molecular weight excluding hydrogens is 422 g/mol. The highest BCUT2D eigenvalue weighted by atomic mass is 32.1. The van der Waals surface area contributed by atoms with E-state index in [9.17, 15) is 4.79 Å². The molecule has 0 saturated heterocycles. The number of fused-ring (bicyclic) bond motifs is 1. The van der Waals surface area contributed by atoms with Crippen molar-refractivity contribution in [3.05, 3.63) is 93.3 Å². The van der Waals surface area contributed by atoms with Gasteiger partial charge in [0.1, 0.15) is 0 Å². The fourth-order valence-corrected chi connectivity index (χ4v) is 4.33. The lowest BCUT2D eigenvalue weighted by molar-refractivity contribution is 0.523. The van der Waals surface area contributed by atoms with Crippen LogP contribution in [0.25, 0.3) is 16.3 Å². The van der Waals surface area contributed by atoms with Crippen molar-refractivity contribution in [2.24, 2.45) is 0 Å². The van der Waals surface area contributed by atoms with Gasteiger partial charge in [0, 0.05) is 28.4 Å². The Morgan fingerprint density at radius 2 is 1.88 bits per heavy atom. The Morgan fingerprint density at radius 3 is 2.69 bits per heavy atom. The van der Waals surface area contributed by atoms with E-state index >= 15 is 0 Å². The summed E-state index contributed by atoms with van der Waals surface area (Å²) in [4.78, 5) is 19.2. The summed E-state index contributed by atoms with van der Waals surface area (Å²) < 4.78 is 1.63. The first-order chi connectivity index (χ1) is 15.7. The lowest BCUT2D eigenvalue weighted by Crippen LogP contribution is -2.16. The molecule has 0 radical (unpaired) electrons. The van der Waals surface area contributed by atoms with Crippen LogP contribution >= 0.6 is 11.3 Å². The van der Waals surface area contributed by atoms with E-state index in [-0.39, 0.29) is 5.56 Å². The maximum absolute atomic E-state index is 12.3. The molecule has 0 atom stereocenters. The molecule has 0 spiro atoms. The Morgan fingerprint density at radius 1 is 1.06 bits per heavy atom. The van der Waals surface area contributed by atoms with Crippen LogP contribution < -0.4 is 10.9 Å². The molecule has 3 aromatic heterocycles. The van der Waals surface area contributed by atoms with Gasteiger partial charge in [-0.15, -0.1) is 21.5 Å². The molecule has 160 valence electrons. The number of hydrogen-bond donors (Lipinski definition) is 1. The van der Waals surface area contributed by atoms with E-state index in [2.05, 4.69) is 37.8 Å². The molecule has 0 unspecified atom stereocenters. The van der Waals surface area contributed by atoms with Crippen molar-refractivity contribution in [3.8, 4) is 11.4 Å². The third-order valence-corrected chi connectivity index (χ3v) is 6.09. The number of nitrogens with zero attached hydrogens (tertiary/aromatic N) is 6. The Balaban J connectivity index is 1.18. The zero-order valence-corrected chi connectivity index (χ0v) is 18.3. The van der Waals surface area contributed by atoms with E-state index in [4.69, 9.17) is 0 Å². The molecule has 3 heterocycles. The molecular formula is C23H21N7OS. The number of hydrogen-bond acceptors (Lipinski definition) is 7. The van der Waals surface area contributed by atoms with E-state index < -0.39 is 0 Å². The molecule has 0 amide bonds. The number of aryl methyl sites for hydroxylation is 3. The van der Waals surface area contributed by atoms with Gasteiger partial charge in [-0.1, -0.05) is 42.5 Å². The molecule has 0 fully saturated rings. The predicted molar refractivity (Wildman–Crippen MR) is 125 cm³/mol. The van der Waals surface area contributed by atoms with Crippen LogP contribution in [0.1, 0.15) is 17.0 Å². The van der Waals surface area contributed by atoms with Crippen molar-refractivity contribution in [2.45, 2.75) is 26.4 Å². The maximum atomic E-state index is 12.3. The standard InChI is InChI=1S/C23H21N7OS/c1-16-15-32-23-25-20(13-21(31)30(16)23)14-24-19-9-7-17(8-10-19)11-12-29-27-22(26-28-29)18-5-3-2-4-6-18/h2-10,13,15,24H,11-12,14H2,1H3. The van der Waals surface area contributed by atoms with Crippen LogP contribution in [0, 0.1) is 6.92 Å². The molecule has 32 heavy (non-hydrogen) atoms. The zero-order chi connectivity index (χ0) is 21.9. The Bertz CT molecular complexity index is 1400. The Labute approximate surface area is 188 Å². The normalized spacial score (nSPS) is 11.2. The third-order valence-electron chi connectivity index (χ3n) is 5.14. The van der Waals surface area contributed by atoms with Crippen LogP contribution in [-0.2, 0) is 19.5 Å². The third kappa shape index (κ3) is 4.28. The summed E-state index contributed by atoms with van der Waals surface area (Å²) in [5, 5.41) is 18.0. The lowest BCUT2D eigenvalue weighted by Gasteiger charge is -2.07. The molecule has 8 nitrogen and oxygen atoms in total. The number of benzene rings is 2. The molecule has 5 aromatic rings. The summed E-state index contributed by atoms with van der Waals surface area (Å²) in [6, 6.07) is 19.6. The second-order valence-corrected chi connectivity index (χ2v) is 8.29. The van der Waals surface area contributed by atoms with Crippen LogP contribution in [0.4, 0.5) is 5.69 Å². The lowest BCUT2D eigenvalue weighted by atomic mass is 10.1. The summed E-state index contributed by atoms with van der Waals surface area (Å²) in [5.41, 5.74) is 4.71. The fraction of sp³-hybridized carbons (Fsp3) is 0.174. The number of anilines is 1. The molecule has 0 saturated carbocycles. The molecule has 9 heteroatoms. The van der Waals surface area contributed by atoms with Gasteiger partial charge in [0.25, 0.3) is 5.56 Å². The molecule has 1 N–H and O–H groups in total. The number of aromatic nitrogens is 6. The van der Waals surface area contributed by atoms with Crippen molar-refractivity contribution in [1.82, 2.24) is 29.6 Å². The molecule has 0 aliphatic heterocycles. The zero-order valence-electron chi connectivity index (χ0n) is 17.5. The first kappa shape index (κ1) is 20.1. The number of thiazole rings is 1. The summed E-state index contributed by atoms with van der Waals surface area (Å²) in [7, 11) is 0. The van der Waals surface area contributed by atoms with Gasteiger partial charge in [0.15, 0.2) is 4.96 Å². The Hall–Kier alpha value is -3.85. The van der Waals surface area contributed by atoms with Crippen molar-refractivity contribution < 1.29 is 0 Å². The van der Waals surface area contributed by atoms with Crippen molar-refractivity contribution in [1.29, 1.82) is 0 Å². The monoisotopic (exact) mass is 443 g/mol. The minimum atomic E-state index is -0.0435.